The second-order valence-electron chi connectivity index (χ2n) is 4.98. The number of hydrogen-bond acceptors (Lipinski definition) is 3. The van der Waals surface area contributed by atoms with Gasteiger partial charge in [0.2, 0.25) is 0 Å². The maximum absolute atomic E-state index is 12.2. The van der Waals surface area contributed by atoms with E-state index in [1.54, 1.807) is 11.0 Å². The third-order valence-electron chi connectivity index (χ3n) is 2.43. The van der Waals surface area contributed by atoms with E-state index in [4.69, 9.17) is 0 Å². The number of nitrogens with one attached hydrogen (secondary N) is 2. The topological polar surface area (TPSA) is 73.8 Å². The maximum atomic E-state index is 12.2. The largest absolute Gasteiger partial charge is 0.345 e. The van der Waals surface area contributed by atoms with E-state index >= 15 is 0 Å². The Morgan fingerprint density at radius 3 is 2.32 bits per heavy atom. The average Bonchev–Trinajstić information content (AvgIpc) is 2.44. The molecule has 0 aromatic carbocycles. The molecule has 0 spiro atoms. The lowest BCUT2D eigenvalue weighted by Crippen LogP contribution is -2.40. The molecule has 6 nitrogen and oxygen atoms in total. The number of carbonyl (C=O) groups excluding carboxylic acids is 2. The van der Waals surface area contributed by atoms with Crippen molar-refractivity contribution in [2.24, 2.45) is 4.99 Å². The van der Waals surface area contributed by atoms with Gasteiger partial charge in [-0.05, 0) is 12.8 Å². The van der Waals surface area contributed by atoms with Gasteiger partial charge in [-0.15, -0.1) is 6.58 Å². The van der Waals surface area contributed by atoms with Crippen LogP contribution in [0.3, 0.4) is 0 Å². The SMILES string of the molecule is C=CCNC(=O)NC(=NC(=O)N(CCC)CCC)SC(C)C. The van der Waals surface area contributed by atoms with E-state index in [2.05, 4.69) is 22.2 Å². The summed E-state index contributed by atoms with van der Waals surface area (Å²) < 4.78 is 0. The highest BCUT2D eigenvalue weighted by Gasteiger charge is 2.15. The van der Waals surface area contributed by atoms with Gasteiger partial charge in [0.25, 0.3) is 0 Å². The van der Waals surface area contributed by atoms with E-state index < -0.39 is 6.03 Å². The zero-order valence-electron chi connectivity index (χ0n) is 14.0. The number of hydrogen-bond donors (Lipinski definition) is 2. The highest BCUT2D eigenvalue weighted by molar-refractivity contribution is 8.14. The van der Waals surface area contributed by atoms with Crippen molar-refractivity contribution in [3.63, 3.8) is 0 Å². The molecule has 0 aromatic heterocycles. The smallest absolute Gasteiger partial charge is 0.334 e. The number of amides is 4. The van der Waals surface area contributed by atoms with Gasteiger partial charge in [-0.1, -0.05) is 45.5 Å². The Morgan fingerprint density at radius 1 is 1.27 bits per heavy atom. The zero-order chi connectivity index (χ0) is 17.0. The van der Waals surface area contributed by atoms with Gasteiger partial charge in [-0.3, -0.25) is 5.32 Å². The monoisotopic (exact) mass is 328 g/mol. The molecule has 0 unspecified atom stereocenters. The summed E-state index contributed by atoms with van der Waals surface area (Å²) in [4.78, 5) is 29.7. The van der Waals surface area contributed by atoms with E-state index in [9.17, 15) is 9.59 Å². The van der Waals surface area contributed by atoms with Crippen LogP contribution in [0, 0.1) is 0 Å². The molecule has 0 atom stereocenters. The van der Waals surface area contributed by atoms with Crippen molar-refractivity contribution in [1.82, 2.24) is 15.5 Å². The third-order valence-corrected chi connectivity index (χ3v) is 3.32. The molecule has 0 aliphatic rings. The third kappa shape index (κ3) is 9.44. The highest BCUT2D eigenvalue weighted by Crippen LogP contribution is 2.11. The lowest BCUT2D eigenvalue weighted by molar-refractivity contribution is 0.208. The van der Waals surface area contributed by atoms with Crippen LogP contribution in [0.5, 0.6) is 0 Å². The molecule has 0 saturated carbocycles. The van der Waals surface area contributed by atoms with Crippen molar-refractivity contribution in [3.8, 4) is 0 Å². The molecule has 2 N–H and O–H groups in total. The Kier molecular flexibility index (Phi) is 11.3. The van der Waals surface area contributed by atoms with Gasteiger partial charge in [0.1, 0.15) is 0 Å². The predicted octanol–water partition coefficient (Wildman–Crippen LogP) is 3.21. The fourth-order valence-corrected chi connectivity index (χ4v) is 2.34. The molecule has 0 rings (SSSR count). The normalized spacial score (nSPS) is 11.2. The molecule has 0 aliphatic carbocycles. The van der Waals surface area contributed by atoms with Gasteiger partial charge in [-0.25, -0.2) is 9.59 Å². The van der Waals surface area contributed by atoms with Crippen LogP contribution in [-0.4, -0.2) is 47.0 Å². The summed E-state index contributed by atoms with van der Waals surface area (Å²) in [5, 5.41) is 5.75. The van der Waals surface area contributed by atoms with Crippen molar-refractivity contribution >= 4 is 29.0 Å². The molecule has 0 saturated heterocycles. The van der Waals surface area contributed by atoms with Gasteiger partial charge in [0, 0.05) is 24.9 Å². The fraction of sp³-hybridized carbons (Fsp3) is 0.667. The molecule has 126 valence electrons. The number of amidine groups is 1. The molecular formula is C15H28N4O2S. The van der Waals surface area contributed by atoms with Gasteiger partial charge in [-0.2, -0.15) is 4.99 Å². The molecule has 0 aliphatic heterocycles. The highest BCUT2D eigenvalue weighted by atomic mass is 32.2. The minimum absolute atomic E-state index is 0.206. The quantitative estimate of drug-likeness (QED) is 0.428. The zero-order valence-corrected chi connectivity index (χ0v) is 14.8. The number of urea groups is 2. The summed E-state index contributed by atoms with van der Waals surface area (Å²) in [6.07, 6.45) is 3.34. The molecule has 7 heteroatoms. The van der Waals surface area contributed by atoms with Crippen LogP contribution in [0.15, 0.2) is 17.6 Å². The Hall–Kier alpha value is -1.50. The molecule has 0 aromatic rings. The fourth-order valence-electron chi connectivity index (χ4n) is 1.61. The van der Waals surface area contributed by atoms with Gasteiger partial charge >= 0.3 is 12.1 Å². The number of thioether (sulfide) groups is 1. The Labute approximate surface area is 137 Å². The number of aliphatic imine (C=N–C) groups is 1. The van der Waals surface area contributed by atoms with E-state index in [0.717, 1.165) is 12.8 Å². The first-order valence-electron chi connectivity index (χ1n) is 7.64. The second-order valence-corrected chi connectivity index (χ2v) is 6.54. The van der Waals surface area contributed by atoms with E-state index in [-0.39, 0.29) is 11.3 Å². The number of nitrogens with zero attached hydrogens (tertiary/aromatic N) is 2. The lowest BCUT2D eigenvalue weighted by atomic mass is 10.4. The minimum Gasteiger partial charge on any atom is -0.334 e. The van der Waals surface area contributed by atoms with Crippen LogP contribution in [0.25, 0.3) is 0 Å². The molecular weight excluding hydrogens is 300 g/mol. The standard InChI is InChI=1S/C15H28N4O2S/c1-6-9-16-13(20)17-14(22-12(4)5)18-15(21)19(10-7-2)11-8-3/h6,12H,1,7-11H2,2-5H3,(H2,16,17,18,20,21). The maximum Gasteiger partial charge on any atom is 0.345 e. The summed E-state index contributed by atoms with van der Waals surface area (Å²) >= 11 is 1.35. The summed E-state index contributed by atoms with van der Waals surface area (Å²) in [6.45, 7) is 13.2. The lowest BCUT2D eigenvalue weighted by Gasteiger charge is -2.19. The summed E-state index contributed by atoms with van der Waals surface area (Å²) in [6, 6.07) is -0.701. The first-order valence-corrected chi connectivity index (χ1v) is 8.52. The van der Waals surface area contributed by atoms with Gasteiger partial charge in [0.05, 0.1) is 0 Å². The predicted molar refractivity (Wildman–Crippen MR) is 94.4 cm³/mol. The molecule has 0 bridgehead atoms. The van der Waals surface area contributed by atoms with Crippen LogP contribution < -0.4 is 10.6 Å². The van der Waals surface area contributed by atoms with Crippen LogP contribution in [-0.2, 0) is 0 Å². The summed E-state index contributed by atoms with van der Waals surface area (Å²) in [5.74, 6) is 0. The molecule has 0 heterocycles. The number of rotatable bonds is 7. The Balaban J connectivity index is 4.92. The second kappa shape index (κ2) is 12.1. The van der Waals surface area contributed by atoms with E-state index in [1.807, 2.05) is 27.7 Å². The van der Waals surface area contributed by atoms with Crippen molar-refractivity contribution in [1.29, 1.82) is 0 Å². The van der Waals surface area contributed by atoms with Crippen LogP contribution in [0.4, 0.5) is 9.59 Å². The molecule has 0 radical (unpaired) electrons. The Morgan fingerprint density at radius 2 is 1.86 bits per heavy atom. The van der Waals surface area contributed by atoms with Crippen LogP contribution in [0.1, 0.15) is 40.5 Å². The van der Waals surface area contributed by atoms with E-state index in [0.29, 0.717) is 24.8 Å². The minimum atomic E-state index is -0.392. The first kappa shape index (κ1) is 20.5. The van der Waals surface area contributed by atoms with Crippen molar-refractivity contribution in [2.75, 3.05) is 19.6 Å². The molecule has 22 heavy (non-hydrogen) atoms. The molecule has 0 fully saturated rings. The number of carbonyl (C=O) groups is 2. The van der Waals surface area contributed by atoms with Crippen LogP contribution in [0.2, 0.25) is 0 Å². The molecule has 4 amide bonds. The van der Waals surface area contributed by atoms with E-state index in [1.165, 1.54) is 11.8 Å². The Bertz CT molecular complexity index is 391. The van der Waals surface area contributed by atoms with Crippen molar-refractivity contribution in [3.05, 3.63) is 12.7 Å². The van der Waals surface area contributed by atoms with Crippen molar-refractivity contribution in [2.45, 2.75) is 45.8 Å². The first-order chi connectivity index (χ1) is 10.4. The van der Waals surface area contributed by atoms with Gasteiger partial charge < -0.3 is 10.2 Å². The van der Waals surface area contributed by atoms with Gasteiger partial charge in [0.15, 0.2) is 5.17 Å². The summed E-state index contributed by atoms with van der Waals surface area (Å²) in [7, 11) is 0. The van der Waals surface area contributed by atoms with Crippen LogP contribution >= 0.6 is 11.8 Å². The van der Waals surface area contributed by atoms with Crippen molar-refractivity contribution < 1.29 is 9.59 Å². The summed E-state index contributed by atoms with van der Waals surface area (Å²) in [5.41, 5.74) is 0. The average molecular weight is 328 g/mol.